The number of nitrogens with two attached hydrogens (primary N) is 1. The Bertz CT molecular complexity index is 811. The topological polar surface area (TPSA) is 68.9 Å². The zero-order valence-corrected chi connectivity index (χ0v) is 15.4. The van der Waals surface area contributed by atoms with Gasteiger partial charge in [-0.3, -0.25) is 0 Å². The standard InChI is InChI=1S/C18H19Cl2N3O2/c1-24-11-4-5-12(17(8-11)25-2)16-9-15(22-18(21)23-16)10-3-6-13(19)14(20)7-10/h3-8,15-16H,9H2,1-2H3,(H3,21,22,23). The average Bonchev–Trinajstić information content (AvgIpc) is 2.62. The second-order valence-corrected chi connectivity index (χ2v) is 6.56. The highest BCUT2D eigenvalue weighted by Crippen LogP contribution is 2.38. The molecule has 3 rings (SSSR count). The number of rotatable bonds is 4. The third-order valence-corrected chi connectivity index (χ3v) is 4.96. The van der Waals surface area contributed by atoms with Crippen molar-refractivity contribution in [2.45, 2.75) is 18.5 Å². The first-order chi connectivity index (χ1) is 12.0. The van der Waals surface area contributed by atoms with Crippen molar-refractivity contribution in [1.29, 1.82) is 0 Å². The molecule has 7 heteroatoms. The van der Waals surface area contributed by atoms with E-state index in [1.54, 1.807) is 20.3 Å². The number of hydrogen-bond acceptors (Lipinski definition) is 5. The molecular formula is C18H19Cl2N3O2. The Hall–Kier alpha value is -2.11. The van der Waals surface area contributed by atoms with Crippen LogP contribution in [-0.4, -0.2) is 20.2 Å². The van der Waals surface area contributed by atoms with Crippen molar-refractivity contribution in [3.63, 3.8) is 0 Å². The van der Waals surface area contributed by atoms with Gasteiger partial charge in [0.05, 0.1) is 36.3 Å². The molecule has 0 fully saturated rings. The first-order valence-electron chi connectivity index (χ1n) is 7.78. The zero-order valence-electron chi connectivity index (χ0n) is 13.9. The molecule has 5 nitrogen and oxygen atoms in total. The number of hydrogen-bond donors (Lipinski definition) is 2. The first-order valence-corrected chi connectivity index (χ1v) is 8.54. The maximum atomic E-state index is 6.14. The van der Waals surface area contributed by atoms with Crippen molar-refractivity contribution < 1.29 is 9.47 Å². The Morgan fingerprint density at radius 1 is 1.08 bits per heavy atom. The van der Waals surface area contributed by atoms with Gasteiger partial charge in [0.25, 0.3) is 0 Å². The van der Waals surface area contributed by atoms with E-state index in [-0.39, 0.29) is 12.1 Å². The minimum absolute atomic E-state index is 0.0437. The lowest BCUT2D eigenvalue weighted by molar-refractivity contribution is 0.381. The van der Waals surface area contributed by atoms with Crippen LogP contribution in [0.25, 0.3) is 0 Å². The number of nitrogens with one attached hydrogen (secondary N) is 1. The quantitative estimate of drug-likeness (QED) is 0.838. The molecule has 0 aliphatic carbocycles. The fourth-order valence-corrected chi connectivity index (χ4v) is 3.27. The molecule has 0 spiro atoms. The van der Waals surface area contributed by atoms with E-state index >= 15 is 0 Å². The van der Waals surface area contributed by atoms with Gasteiger partial charge >= 0.3 is 0 Å². The molecule has 25 heavy (non-hydrogen) atoms. The normalized spacial score (nSPS) is 19.8. The smallest absolute Gasteiger partial charge is 0.189 e. The van der Waals surface area contributed by atoms with Crippen LogP contribution in [0.1, 0.15) is 29.6 Å². The molecule has 1 heterocycles. The van der Waals surface area contributed by atoms with Crippen LogP contribution >= 0.6 is 23.2 Å². The lowest BCUT2D eigenvalue weighted by Gasteiger charge is -2.30. The fourth-order valence-electron chi connectivity index (χ4n) is 2.96. The number of nitrogens with zero attached hydrogens (tertiary/aromatic N) is 1. The van der Waals surface area contributed by atoms with Gasteiger partial charge in [0, 0.05) is 11.6 Å². The van der Waals surface area contributed by atoms with Crippen LogP contribution in [0.15, 0.2) is 41.4 Å². The number of guanidine groups is 1. The maximum absolute atomic E-state index is 6.14. The summed E-state index contributed by atoms with van der Waals surface area (Å²) < 4.78 is 10.8. The Morgan fingerprint density at radius 3 is 2.56 bits per heavy atom. The minimum atomic E-state index is -0.118. The van der Waals surface area contributed by atoms with E-state index in [0.717, 1.165) is 22.6 Å². The SMILES string of the molecule is COc1ccc(C2CC(c3ccc(Cl)c(Cl)c3)N=C(N)N2)c(OC)c1. The number of aliphatic imine (C=N–C) groups is 1. The molecule has 0 saturated heterocycles. The van der Waals surface area contributed by atoms with E-state index in [4.69, 9.17) is 38.4 Å². The second-order valence-electron chi connectivity index (χ2n) is 5.74. The Labute approximate surface area is 156 Å². The van der Waals surface area contributed by atoms with Gasteiger partial charge in [-0.05, 0) is 36.2 Å². The van der Waals surface area contributed by atoms with E-state index in [0.29, 0.717) is 22.4 Å². The third-order valence-electron chi connectivity index (χ3n) is 4.22. The van der Waals surface area contributed by atoms with Crippen molar-refractivity contribution in [2.75, 3.05) is 14.2 Å². The van der Waals surface area contributed by atoms with Crippen LogP contribution in [-0.2, 0) is 0 Å². The highest BCUT2D eigenvalue weighted by molar-refractivity contribution is 6.42. The molecular weight excluding hydrogens is 361 g/mol. The number of methoxy groups -OCH3 is 2. The van der Waals surface area contributed by atoms with Crippen LogP contribution in [0, 0.1) is 0 Å². The highest BCUT2D eigenvalue weighted by atomic mass is 35.5. The van der Waals surface area contributed by atoms with E-state index in [1.807, 2.05) is 30.3 Å². The molecule has 0 amide bonds. The molecule has 0 bridgehead atoms. The molecule has 1 aliphatic rings. The summed E-state index contributed by atoms with van der Waals surface area (Å²) in [6.07, 6.45) is 0.710. The lowest BCUT2D eigenvalue weighted by Crippen LogP contribution is -2.39. The molecule has 3 N–H and O–H groups in total. The van der Waals surface area contributed by atoms with Crippen LogP contribution < -0.4 is 20.5 Å². The molecule has 132 valence electrons. The molecule has 0 aromatic heterocycles. The first kappa shape index (κ1) is 17.7. The highest BCUT2D eigenvalue weighted by Gasteiger charge is 2.27. The number of ether oxygens (including phenoxy) is 2. The molecule has 1 aliphatic heterocycles. The van der Waals surface area contributed by atoms with Gasteiger partial charge in [0.15, 0.2) is 5.96 Å². The summed E-state index contributed by atoms with van der Waals surface area (Å²) in [5.41, 5.74) is 7.98. The number of halogens is 2. The summed E-state index contributed by atoms with van der Waals surface area (Å²) in [7, 11) is 3.26. The second kappa shape index (κ2) is 7.42. The summed E-state index contributed by atoms with van der Waals surface area (Å²) in [5.74, 6) is 1.85. The van der Waals surface area contributed by atoms with Crippen molar-refractivity contribution in [2.24, 2.45) is 10.7 Å². The van der Waals surface area contributed by atoms with Gasteiger partial charge in [-0.1, -0.05) is 29.3 Å². The van der Waals surface area contributed by atoms with Gasteiger partial charge in [0.1, 0.15) is 11.5 Å². The van der Waals surface area contributed by atoms with Crippen molar-refractivity contribution in [3.05, 3.63) is 57.6 Å². The van der Waals surface area contributed by atoms with E-state index in [1.165, 1.54) is 0 Å². The largest absolute Gasteiger partial charge is 0.497 e. The Balaban J connectivity index is 1.92. The molecule has 2 atom stereocenters. The molecule has 2 aromatic carbocycles. The van der Waals surface area contributed by atoms with Crippen molar-refractivity contribution in [1.82, 2.24) is 5.32 Å². The van der Waals surface area contributed by atoms with Gasteiger partial charge in [0.2, 0.25) is 0 Å². The fraction of sp³-hybridized carbons (Fsp3) is 0.278. The van der Waals surface area contributed by atoms with E-state index in [2.05, 4.69) is 10.3 Å². The van der Waals surface area contributed by atoms with Crippen LogP contribution in [0.3, 0.4) is 0 Å². The minimum Gasteiger partial charge on any atom is -0.497 e. The summed E-state index contributed by atoms with van der Waals surface area (Å²) in [4.78, 5) is 4.50. The van der Waals surface area contributed by atoms with Crippen LogP contribution in [0.2, 0.25) is 10.0 Å². The van der Waals surface area contributed by atoms with Gasteiger partial charge in [-0.25, -0.2) is 4.99 Å². The predicted molar refractivity (Wildman–Crippen MR) is 101 cm³/mol. The maximum Gasteiger partial charge on any atom is 0.189 e. The predicted octanol–water partition coefficient (Wildman–Crippen LogP) is 4.10. The van der Waals surface area contributed by atoms with Gasteiger partial charge < -0.3 is 20.5 Å². The van der Waals surface area contributed by atoms with E-state index < -0.39 is 0 Å². The summed E-state index contributed by atoms with van der Waals surface area (Å²) in [5, 5.41) is 4.24. The van der Waals surface area contributed by atoms with Gasteiger partial charge in [-0.15, -0.1) is 0 Å². The summed E-state index contributed by atoms with van der Waals surface area (Å²) >= 11 is 12.2. The average molecular weight is 380 g/mol. The van der Waals surface area contributed by atoms with Crippen molar-refractivity contribution in [3.8, 4) is 11.5 Å². The molecule has 2 aromatic rings. The summed E-state index contributed by atoms with van der Waals surface area (Å²) in [6, 6.07) is 11.1. The number of benzene rings is 2. The molecule has 0 radical (unpaired) electrons. The van der Waals surface area contributed by atoms with Gasteiger partial charge in [-0.2, -0.15) is 0 Å². The third kappa shape index (κ3) is 3.78. The lowest BCUT2D eigenvalue weighted by atomic mass is 9.93. The molecule has 0 saturated carbocycles. The van der Waals surface area contributed by atoms with E-state index in [9.17, 15) is 0 Å². The molecule has 2 unspecified atom stereocenters. The monoisotopic (exact) mass is 379 g/mol. The zero-order chi connectivity index (χ0) is 18.0. The summed E-state index contributed by atoms with van der Waals surface area (Å²) in [6.45, 7) is 0. The Morgan fingerprint density at radius 2 is 1.88 bits per heavy atom. The van der Waals surface area contributed by atoms with Crippen LogP contribution in [0.4, 0.5) is 0 Å². The van der Waals surface area contributed by atoms with Crippen LogP contribution in [0.5, 0.6) is 11.5 Å². The Kier molecular flexibility index (Phi) is 5.25. The van der Waals surface area contributed by atoms with Crippen molar-refractivity contribution >= 4 is 29.2 Å².